The highest BCUT2D eigenvalue weighted by Gasteiger charge is 2.17. The van der Waals surface area contributed by atoms with E-state index in [-0.39, 0.29) is 18.5 Å². The predicted octanol–water partition coefficient (Wildman–Crippen LogP) is 1.06. The van der Waals surface area contributed by atoms with Crippen LogP contribution in [0.25, 0.3) is 0 Å². The quantitative estimate of drug-likeness (QED) is 0.720. The van der Waals surface area contributed by atoms with Crippen LogP contribution in [-0.2, 0) is 4.79 Å². The van der Waals surface area contributed by atoms with Gasteiger partial charge in [0, 0.05) is 12.6 Å². The van der Waals surface area contributed by atoms with Crippen molar-refractivity contribution in [3.05, 3.63) is 11.4 Å². The number of nitrogens with zero attached hydrogens (tertiary/aromatic N) is 2. The Balaban J connectivity index is 2.63. The maximum Gasteiger partial charge on any atom is 0.238 e. The third-order valence-electron chi connectivity index (χ3n) is 2.97. The fraction of sp³-hybridized carbons (Fsp3) is 0.692. The lowest BCUT2D eigenvalue weighted by molar-refractivity contribution is -0.118. The molecule has 1 heterocycles. The van der Waals surface area contributed by atoms with E-state index in [9.17, 15) is 9.90 Å². The van der Waals surface area contributed by atoms with Gasteiger partial charge >= 0.3 is 0 Å². The minimum absolute atomic E-state index is 0.0954. The van der Waals surface area contributed by atoms with Gasteiger partial charge in [0.2, 0.25) is 5.91 Å². The van der Waals surface area contributed by atoms with Crippen LogP contribution in [0.1, 0.15) is 32.2 Å². The van der Waals surface area contributed by atoms with Gasteiger partial charge in [-0.05, 0) is 34.6 Å². The minimum atomic E-state index is -0.451. The Labute approximate surface area is 114 Å². The lowest BCUT2D eigenvalue weighted by Crippen LogP contribution is -2.41. The molecular weight excluding hydrogens is 244 g/mol. The zero-order chi connectivity index (χ0) is 14.6. The number of hydrogen-bond acceptors (Lipinski definition) is 4. The van der Waals surface area contributed by atoms with Gasteiger partial charge in [0.25, 0.3) is 0 Å². The number of carbonyl (C=O) groups excluding carboxylic acids is 1. The van der Waals surface area contributed by atoms with E-state index in [4.69, 9.17) is 0 Å². The van der Waals surface area contributed by atoms with Gasteiger partial charge < -0.3 is 10.4 Å². The molecule has 0 aliphatic rings. The van der Waals surface area contributed by atoms with E-state index < -0.39 is 6.10 Å². The fourth-order valence-corrected chi connectivity index (χ4v) is 1.90. The van der Waals surface area contributed by atoms with E-state index in [0.717, 1.165) is 17.1 Å². The van der Waals surface area contributed by atoms with Gasteiger partial charge in [-0.1, -0.05) is 0 Å². The summed E-state index contributed by atoms with van der Waals surface area (Å²) in [6.07, 6.45) is -0.451. The summed E-state index contributed by atoms with van der Waals surface area (Å²) in [5.74, 6) is -0.0954. The molecule has 0 fully saturated rings. The second-order valence-corrected chi connectivity index (χ2v) is 5.23. The normalized spacial score (nSPS) is 13.1. The van der Waals surface area contributed by atoms with Gasteiger partial charge in [-0.25, -0.2) is 0 Å². The first kappa shape index (κ1) is 15.7. The molecule has 19 heavy (non-hydrogen) atoms. The highest BCUT2D eigenvalue weighted by molar-refractivity contribution is 5.93. The van der Waals surface area contributed by atoms with Crippen LogP contribution in [0.2, 0.25) is 0 Å². The molecule has 0 bridgehead atoms. The highest BCUT2D eigenvalue weighted by Crippen LogP contribution is 2.15. The number of aryl methyl sites for hydroxylation is 2. The molecule has 1 rings (SSSR count). The smallest absolute Gasteiger partial charge is 0.238 e. The molecule has 3 N–H and O–H groups in total. The van der Waals surface area contributed by atoms with E-state index in [1.165, 1.54) is 0 Å². The number of nitrogens with one attached hydrogen (secondary N) is 2. The van der Waals surface area contributed by atoms with Crippen LogP contribution < -0.4 is 5.32 Å². The summed E-state index contributed by atoms with van der Waals surface area (Å²) in [6, 6.07) is 0.201. The molecule has 1 amide bonds. The molecule has 1 aromatic heterocycles. The van der Waals surface area contributed by atoms with Crippen LogP contribution in [0.15, 0.2) is 0 Å². The zero-order valence-electron chi connectivity index (χ0n) is 12.3. The van der Waals surface area contributed by atoms with Crippen molar-refractivity contribution in [3.63, 3.8) is 0 Å². The lowest BCUT2D eigenvalue weighted by Gasteiger charge is -2.26. The van der Waals surface area contributed by atoms with Crippen molar-refractivity contribution in [2.24, 2.45) is 0 Å². The van der Waals surface area contributed by atoms with Crippen LogP contribution in [-0.4, -0.2) is 51.3 Å². The van der Waals surface area contributed by atoms with Gasteiger partial charge in [0.15, 0.2) is 0 Å². The standard InChI is InChI=1S/C13H24N4O2/c1-8(2)17(6-9(3)18)7-12(19)14-13-10(4)15-16-11(13)5/h8-9,18H,6-7H2,1-5H3,(H,14,19)(H,15,16). The third kappa shape index (κ3) is 4.65. The van der Waals surface area contributed by atoms with Crippen molar-refractivity contribution in [2.45, 2.75) is 46.8 Å². The van der Waals surface area contributed by atoms with Crippen LogP contribution in [0, 0.1) is 13.8 Å². The summed E-state index contributed by atoms with van der Waals surface area (Å²) in [4.78, 5) is 14.0. The second kappa shape index (κ2) is 6.68. The Morgan fingerprint density at radius 2 is 2.05 bits per heavy atom. The molecule has 0 saturated carbocycles. The second-order valence-electron chi connectivity index (χ2n) is 5.23. The van der Waals surface area contributed by atoms with E-state index in [2.05, 4.69) is 15.5 Å². The summed E-state index contributed by atoms with van der Waals surface area (Å²) < 4.78 is 0. The summed E-state index contributed by atoms with van der Waals surface area (Å²) in [5.41, 5.74) is 2.36. The Bertz CT molecular complexity index is 407. The maximum atomic E-state index is 12.0. The van der Waals surface area contributed by atoms with E-state index in [1.807, 2.05) is 32.6 Å². The average molecular weight is 268 g/mol. The maximum absolute atomic E-state index is 12.0. The summed E-state index contributed by atoms with van der Waals surface area (Å²) in [5, 5.41) is 19.2. The van der Waals surface area contributed by atoms with Crippen LogP contribution in [0.5, 0.6) is 0 Å². The third-order valence-corrected chi connectivity index (χ3v) is 2.97. The number of aromatic nitrogens is 2. The first-order chi connectivity index (χ1) is 8.81. The molecule has 1 aromatic rings. The molecule has 0 aliphatic heterocycles. The van der Waals surface area contributed by atoms with E-state index in [0.29, 0.717) is 6.54 Å². The number of rotatable bonds is 6. The summed E-state index contributed by atoms with van der Waals surface area (Å²) in [6.45, 7) is 10.2. The first-order valence-electron chi connectivity index (χ1n) is 6.54. The van der Waals surface area contributed by atoms with Crippen molar-refractivity contribution in [1.82, 2.24) is 15.1 Å². The molecule has 1 unspecified atom stereocenters. The van der Waals surface area contributed by atoms with Gasteiger partial charge in [-0.2, -0.15) is 5.10 Å². The molecule has 6 heteroatoms. The Hall–Kier alpha value is -1.40. The van der Waals surface area contributed by atoms with Crippen molar-refractivity contribution in [3.8, 4) is 0 Å². The Kier molecular flexibility index (Phi) is 5.50. The Morgan fingerprint density at radius 3 is 2.47 bits per heavy atom. The molecule has 0 radical (unpaired) electrons. The molecule has 0 aromatic carbocycles. The van der Waals surface area contributed by atoms with Crippen molar-refractivity contribution in [1.29, 1.82) is 0 Å². The van der Waals surface area contributed by atoms with Crippen LogP contribution >= 0.6 is 0 Å². The van der Waals surface area contributed by atoms with Crippen molar-refractivity contribution >= 4 is 11.6 Å². The summed E-state index contributed by atoms with van der Waals surface area (Å²) in [7, 11) is 0. The topological polar surface area (TPSA) is 81.2 Å². The fourth-order valence-electron chi connectivity index (χ4n) is 1.90. The van der Waals surface area contributed by atoms with Gasteiger partial charge in [-0.3, -0.25) is 14.8 Å². The SMILES string of the molecule is Cc1n[nH]c(C)c1NC(=O)CN(CC(C)O)C(C)C. The number of aliphatic hydroxyl groups is 1. The minimum Gasteiger partial charge on any atom is -0.392 e. The van der Waals surface area contributed by atoms with Gasteiger partial charge in [0.1, 0.15) is 0 Å². The monoisotopic (exact) mass is 268 g/mol. The number of carbonyl (C=O) groups is 1. The molecule has 6 nitrogen and oxygen atoms in total. The molecule has 0 spiro atoms. The number of amides is 1. The van der Waals surface area contributed by atoms with Crippen LogP contribution in [0.3, 0.4) is 0 Å². The molecule has 0 saturated heterocycles. The number of anilines is 1. The zero-order valence-corrected chi connectivity index (χ0v) is 12.3. The van der Waals surface area contributed by atoms with Crippen molar-refractivity contribution < 1.29 is 9.90 Å². The largest absolute Gasteiger partial charge is 0.392 e. The summed E-state index contributed by atoms with van der Waals surface area (Å²) >= 11 is 0. The first-order valence-corrected chi connectivity index (χ1v) is 6.54. The number of aromatic amines is 1. The van der Waals surface area contributed by atoms with E-state index in [1.54, 1.807) is 6.92 Å². The lowest BCUT2D eigenvalue weighted by atomic mass is 10.2. The van der Waals surface area contributed by atoms with Crippen molar-refractivity contribution in [2.75, 3.05) is 18.4 Å². The Morgan fingerprint density at radius 1 is 1.42 bits per heavy atom. The van der Waals surface area contributed by atoms with Gasteiger partial charge in [0.05, 0.1) is 29.7 Å². The number of aliphatic hydroxyl groups excluding tert-OH is 1. The molecule has 0 aliphatic carbocycles. The molecule has 108 valence electrons. The molecule has 1 atom stereocenters. The van der Waals surface area contributed by atoms with Gasteiger partial charge in [-0.15, -0.1) is 0 Å². The number of H-pyrrole nitrogens is 1. The average Bonchev–Trinajstić information content (AvgIpc) is 2.59. The number of hydrogen-bond donors (Lipinski definition) is 3. The molecular formula is C13H24N4O2. The van der Waals surface area contributed by atoms with E-state index >= 15 is 0 Å². The van der Waals surface area contributed by atoms with Crippen LogP contribution in [0.4, 0.5) is 5.69 Å². The predicted molar refractivity (Wildman–Crippen MR) is 75.1 cm³/mol. The highest BCUT2D eigenvalue weighted by atomic mass is 16.3.